The first-order valence-electron chi connectivity index (χ1n) is 20.5. The Morgan fingerprint density at radius 2 is 1.37 bits per heavy atom. The summed E-state index contributed by atoms with van der Waals surface area (Å²) in [5.74, 6) is -0.00127. The Labute approximate surface area is 357 Å². The second-order valence-electron chi connectivity index (χ2n) is 15.8. The highest BCUT2D eigenvalue weighted by molar-refractivity contribution is 8.01. The van der Waals surface area contributed by atoms with Gasteiger partial charge in [-0.05, 0) is 73.8 Å². The molecule has 0 aliphatic carbocycles. The van der Waals surface area contributed by atoms with E-state index in [1.807, 2.05) is 97.1 Å². The predicted octanol–water partition coefficient (Wildman–Crippen LogP) is 6.46. The van der Waals surface area contributed by atoms with Gasteiger partial charge in [-0.25, -0.2) is 0 Å². The largest absolute Gasteiger partial charge is 0.491 e. The first kappa shape index (κ1) is 42.2. The number of nitrogens with zero attached hydrogens (tertiary/aromatic N) is 3. The van der Waals surface area contributed by atoms with Gasteiger partial charge in [0.05, 0.1) is 23.1 Å². The minimum atomic E-state index is -0.833. The Morgan fingerprint density at radius 1 is 0.767 bits per heavy atom. The van der Waals surface area contributed by atoms with Gasteiger partial charge < -0.3 is 30.1 Å². The van der Waals surface area contributed by atoms with Crippen molar-refractivity contribution in [3.63, 3.8) is 0 Å². The molecule has 2 aliphatic heterocycles. The number of likely N-dealkylation sites (N-methyl/N-ethyl adjacent to an activating group) is 1. The monoisotopic (exact) mass is 823 g/mol. The van der Waals surface area contributed by atoms with E-state index in [-0.39, 0.29) is 55.1 Å². The molecule has 1 saturated heterocycles. The number of hydrogen-bond acceptors (Lipinski definition) is 7. The van der Waals surface area contributed by atoms with E-state index in [9.17, 15) is 19.2 Å². The Bertz CT molecular complexity index is 2160. The fraction of sp³-hybridized carbons (Fsp3) is 0.306. The number of ether oxygens (including phenoxy) is 1. The maximum atomic E-state index is 14.7. The van der Waals surface area contributed by atoms with Crippen LogP contribution in [0.2, 0.25) is 0 Å². The molecule has 1 fully saturated rings. The van der Waals surface area contributed by atoms with Crippen molar-refractivity contribution < 1.29 is 23.9 Å². The summed E-state index contributed by atoms with van der Waals surface area (Å²) < 4.78 is 5.89. The maximum absolute atomic E-state index is 14.7. The van der Waals surface area contributed by atoms with Crippen LogP contribution in [0.15, 0.2) is 140 Å². The van der Waals surface area contributed by atoms with Crippen LogP contribution in [-0.4, -0.2) is 110 Å². The molecule has 10 nitrogen and oxygen atoms in total. The Kier molecular flexibility index (Phi) is 13.7. The lowest BCUT2D eigenvalue weighted by Gasteiger charge is -2.35. The molecule has 0 radical (unpaired) electrons. The predicted molar refractivity (Wildman–Crippen MR) is 238 cm³/mol. The second-order valence-corrected chi connectivity index (χ2v) is 17.0. The molecule has 5 aromatic carbocycles. The van der Waals surface area contributed by atoms with E-state index in [4.69, 9.17) is 4.74 Å². The first-order chi connectivity index (χ1) is 29.1. The van der Waals surface area contributed by atoms with E-state index in [0.29, 0.717) is 37.1 Å². The lowest BCUT2D eigenvalue weighted by molar-refractivity contribution is -0.138. The highest BCUT2D eigenvalue weighted by Gasteiger charge is 2.41. The molecule has 0 spiro atoms. The molecule has 2 heterocycles. The number of para-hydroxylation sites is 1. The van der Waals surface area contributed by atoms with Crippen molar-refractivity contribution in [2.45, 2.75) is 42.1 Å². The molecule has 3 atom stereocenters. The van der Waals surface area contributed by atoms with Crippen molar-refractivity contribution in [1.29, 1.82) is 0 Å². The molecule has 7 rings (SSSR count). The van der Waals surface area contributed by atoms with Gasteiger partial charge in [-0.2, -0.15) is 0 Å². The van der Waals surface area contributed by atoms with Crippen molar-refractivity contribution >= 4 is 35.4 Å². The normalized spacial score (nSPS) is 18.6. The quantitative estimate of drug-likeness (QED) is 0.156. The van der Waals surface area contributed by atoms with Crippen LogP contribution in [0.1, 0.15) is 46.3 Å². The van der Waals surface area contributed by atoms with Crippen LogP contribution in [0.5, 0.6) is 5.75 Å². The van der Waals surface area contributed by atoms with Crippen LogP contribution in [0.4, 0.5) is 0 Å². The van der Waals surface area contributed by atoms with E-state index in [1.54, 1.807) is 53.7 Å². The SMILES string of the molecule is CN(C)CC(=O)N[C@H]1CCCN(C)C(=O)c2cccc(c2)-c2ccccc2OC[C@@H]2C[C@H](NC(=O)CSC(c3ccccc3)(c3ccccc3)c3ccccc3)CN2C1=O. The standard InChI is InChI=1S/C49H53N5O5S/c1-52(2)32-45(55)51-43-26-16-28-53(3)47(57)36-18-15-17-35(29-36)42-25-13-14-27-44(42)59-33-41-30-40(31-54(41)48(43)58)50-46(56)34-60-49(37-19-7-4-8-20-37,38-21-9-5-10-22-38)39-23-11-6-12-24-39/h4-15,17-25,27,29,40-41,43H,16,26,28,30-34H2,1-3H3,(H,50,56)(H,51,55)/t40-,41-,43-/m0/s1. The lowest BCUT2D eigenvalue weighted by Crippen LogP contribution is -2.53. The number of rotatable bonds is 10. The Morgan fingerprint density at radius 3 is 2.00 bits per heavy atom. The summed E-state index contributed by atoms with van der Waals surface area (Å²) in [5.41, 5.74) is 5.42. The zero-order valence-corrected chi connectivity index (χ0v) is 35.3. The van der Waals surface area contributed by atoms with Crippen LogP contribution >= 0.6 is 11.8 Å². The zero-order valence-electron chi connectivity index (χ0n) is 34.5. The van der Waals surface area contributed by atoms with Gasteiger partial charge in [0.1, 0.15) is 18.4 Å². The average molecular weight is 824 g/mol. The lowest BCUT2D eigenvalue weighted by atomic mass is 9.84. The summed E-state index contributed by atoms with van der Waals surface area (Å²) in [6.07, 6.45) is 1.29. The first-order valence-corrected chi connectivity index (χ1v) is 21.5. The molecule has 0 unspecified atom stereocenters. The minimum absolute atomic E-state index is 0.120. The van der Waals surface area contributed by atoms with Crippen LogP contribution in [0.25, 0.3) is 11.1 Å². The van der Waals surface area contributed by atoms with Crippen molar-refractivity contribution in [2.24, 2.45) is 0 Å². The van der Waals surface area contributed by atoms with E-state index in [1.165, 1.54) is 0 Å². The molecule has 2 N–H and O–H groups in total. The molecular formula is C49H53N5O5S. The average Bonchev–Trinajstić information content (AvgIpc) is 3.67. The second kappa shape index (κ2) is 19.4. The molecule has 0 aromatic heterocycles. The highest BCUT2D eigenvalue weighted by Crippen LogP contribution is 2.48. The van der Waals surface area contributed by atoms with Crippen LogP contribution < -0.4 is 15.4 Å². The van der Waals surface area contributed by atoms with Crippen molar-refractivity contribution in [3.8, 4) is 16.9 Å². The van der Waals surface area contributed by atoms with E-state index in [0.717, 1.165) is 27.8 Å². The zero-order chi connectivity index (χ0) is 42.1. The summed E-state index contributed by atoms with van der Waals surface area (Å²) in [7, 11) is 5.36. The van der Waals surface area contributed by atoms with Crippen molar-refractivity contribution in [2.75, 3.05) is 53.1 Å². The van der Waals surface area contributed by atoms with Crippen LogP contribution in [-0.2, 0) is 19.1 Å². The van der Waals surface area contributed by atoms with Crippen LogP contribution in [0.3, 0.4) is 0 Å². The fourth-order valence-electron chi connectivity index (χ4n) is 8.34. The molecule has 60 heavy (non-hydrogen) atoms. The third kappa shape index (κ3) is 9.75. The highest BCUT2D eigenvalue weighted by atomic mass is 32.2. The molecule has 5 aromatic rings. The van der Waals surface area contributed by atoms with Gasteiger partial charge in [0, 0.05) is 37.3 Å². The van der Waals surface area contributed by atoms with E-state index >= 15 is 0 Å². The topological polar surface area (TPSA) is 111 Å². The van der Waals surface area contributed by atoms with Gasteiger partial charge in [-0.15, -0.1) is 11.8 Å². The van der Waals surface area contributed by atoms with E-state index in [2.05, 4.69) is 47.0 Å². The molecule has 0 saturated carbocycles. The van der Waals surface area contributed by atoms with Gasteiger partial charge in [0.25, 0.3) is 5.91 Å². The van der Waals surface area contributed by atoms with Crippen molar-refractivity contribution in [3.05, 3.63) is 162 Å². The van der Waals surface area contributed by atoms with Crippen LogP contribution in [0, 0.1) is 0 Å². The smallest absolute Gasteiger partial charge is 0.253 e. The van der Waals surface area contributed by atoms with E-state index < -0.39 is 16.8 Å². The number of nitrogens with one attached hydrogen (secondary N) is 2. The summed E-state index contributed by atoms with van der Waals surface area (Å²) in [6.45, 7) is 0.941. The number of fused-ring (bicyclic) bond motifs is 5. The Hall–Kier alpha value is -5.91. The fourth-order valence-corrected chi connectivity index (χ4v) is 9.68. The molecule has 310 valence electrons. The van der Waals surface area contributed by atoms with Gasteiger partial charge in [-0.1, -0.05) is 121 Å². The van der Waals surface area contributed by atoms with Gasteiger partial charge in [0.15, 0.2) is 0 Å². The third-order valence-corrected chi connectivity index (χ3v) is 12.7. The van der Waals surface area contributed by atoms with Gasteiger partial charge in [-0.3, -0.25) is 19.2 Å². The number of benzene rings is 5. The summed E-state index contributed by atoms with van der Waals surface area (Å²) in [6, 6.07) is 44.4. The van der Waals surface area contributed by atoms with Gasteiger partial charge >= 0.3 is 0 Å². The molecule has 11 heteroatoms. The van der Waals surface area contributed by atoms with Gasteiger partial charge in [0.2, 0.25) is 17.7 Å². The molecular weight excluding hydrogens is 771 g/mol. The number of carbonyl (C=O) groups excluding carboxylic acids is 4. The Balaban J connectivity index is 1.16. The number of hydrogen-bond donors (Lipinski definition) is 2. The molecule has 2 aliphatic rings. The number of amides is 4. The summed E-state index contributed by atoms with van der Waals surface area (Å²) in [5, 5.41) is 6.28. The summed E-state index contributed by atoms with van der Waals surface area (Å²) >= 11 is 1.57. The minimum Gasteiger partial charge on any atom is -0.491 e. The molecule has 4 amide bonds. The third-order valence-electron chi connectivity index (χ3n) is 11.2. The maximum Gasteiger partial charge on any atom is 0.253 e. The number of thioether (sulfide) groups is 1. The number of carbonyl (C=O) groups is 4. The van der Waals surface area contributed by atoms with Crippen molar-refractivity contribution in [1.82, 2.24) is 25.3 Å². The summed E-state index contributed by atoms with van der Waals surface area (Å²) in [4.78, 5) is 60.7. The molecule has 2 bridgehead atoms.